The third-order valence-corrected chi connectivity index (χ3v) is 3.46. The van der Waals surface area contributed by atoms with E-state index in [1.165, 1.54) is 0 Å². The molecule has 0 atom stereocenters. The van der Waals surface area contributed by atoms with Crippen LogP contribution in [-0.4, -0.2) is 25.4 Å². The van der Waals surface area contributed by atoms with Crippen molar-refractivity contribution in [1.82, 2.24) is 4.98 Å². The van der Waals surface area contributed by atoms with Gasteiger partial charge in [0, 0.05) is 11.6 Å². The molecule has 2 aromatic carbocycles. The lowest BCUT2D eigenvalue weighted by Gasteiger charge is -2.07. The average molecular weight is 344 g/mol. The average Bonchev–Trinajstić information content (AvgIpc) is 2.61. The number of fused-ring (bicyclic) bond motifs is 1. The summed E-state index contributed by atoms with van der Waals surface area (Å²) in [5.74, 6) is 1.36. The minimum Gasteiger partial charge on any atom is -0.493 e. The Morgan fingerprint density at radius 3 is 2.58 bits per heavy atom. The van der Waals surface area contributed by atoms with E-state index in [1.54, 1.807) is 26.6 Å². The number of rotatable bonds is 5. The molecule has 0 aliphatic heterocycles. The molecular formula is C18H18ClN3O2. The van der Waals surface area contributed by atoms with E-state index in [1.807, 2.05) is 48.5 Å². The molecule has 3 aromatic rings. The van der Waals surface area contributed by atoms with Gasteiger partial charge in [-0.2, -0.15) is 5.10 Å². The van der Waals surface area contributed by atoms with E-state index in [0.29, 0.717) is 11.5 Å². The van der Waals surface area contributed by atoms with Gasteiger partial charge in [-0.25, -0.2) is 0 Å². The maximum absolute atomic E-state index is 5.28. The van der Waals surface area contributed by atoms with E-state index in [2.05, 4.69) is 15.5 Å². The van der Waals surface area contributed by atoms with Gasteiger partial charge in [-0.15, -0.1) is 12.4 Å². The molecule has 1 heterocycles. The number of hydrogen-bond acceptors (Lipinski definition) is 5. The van der Waals surface area contributed by atoms with E-state index in [-0.39, 0.29) is 12.4 Å². The van der Waals surface area contributed by atoms with Gasteiger partial charge in [0.25, 0.3) is 0 Å². The molecule has 1 aromatic heterocycles. The zero-order chi connectivity index (χ0) is 16.1. The number of benzene rings is 2. The Bertz CT molecular complexity index is 847. The largest absolute Gasteiger partial charge is 0.493 e. The van der Waals surface area contributed by atoms with Crippen molar-refractivity contribution >= 4 is 35.2 Å². The maximum Gasteiger partial charge on any atom is 0.161 e. The van der Waals surface area contributed by atoms with Crippen LogP contribution in [0.4, 0.5) is 5.69 Å². The van der Waals surface area contributed by atoms with Crippen LogP contribution < -0.4 is 14.9 Å². The fraction of sp³-hybridized carbons (Fsp3) is 0.111. The number of anilines is 1. The number of para-hydroxylation sites is 1. The minimum atomic E-state index is 0. The topological polar surface area (TPSA) is 55.7 Å². The molecule has 3 rings (SSSR count). The van der Waals surface area contributed by atoms with Crippen molar-refractivity contribution in [1.29, 1.82) is 0 Å². The van der Waals surface area contributed by atoms with Gasteiger partial charge in [-0.1, -0.05) is 18.2 Å². The Labute approximate surface area is 146 Å². The summed E-state index contributed by atoms with van der Waals surface area (Å²) in [6.45, 7) is 0. The molecule has 0 fully saturated rings. The molecule has 0 saturated heterocycles. The zero-order valence-electron chi connectivity index (χ0n) is 13.4. The second-order valence-electron chi connectivity index (χ2n) is 4.86. The van der Waals surface area contributed by atoms with Crippen molar-refractivity contribution in [2.45, 2.75) is 0 Å². The first-order valence-electron chi connectivity index (χ1n) is 7.16. The third kappa shape index (κ3) is 3.75. The summed E-state index contributed by atoms with van der Waals surface area (Å²) in [6.07, 6.45) is 3.49. The number of methoxy groups -OCH3 is 2. The summed E-state index contributed by atoms with van der Waals surface area (Å²) in [4.78, 5) is 4.33. The number of ether oxygens (including phenoxy) is 2. The maximum atomic E-state index is 5.28. The molecule has 0 aliphatic rings. The van der Waals surface area contributed by atoms with E-state index in [9.17, 15) is 0 Å². The quantitative estimate of drug-likeness (QED) is 0.559. The van der Waals surface area contributed by atoms with Crippen LogP contribution in [0.2, 0.25) is 0 Å². The first kappa shape index (κ1) is 17.6. The molecule has 0 radical (unpaired) electrons. The van der Waals surface area contributed by atoms with E-state index in [4.69, 9.17) is 9.47 Å². The SMILES string of the molecule is COc1ccc(C=NNc2ccnc3ccccc23)cc1OC.Cl. The molecule has 0 bridgehead atoms. The van der Waals surface area contributed by atoms with Crippen molar-refractivity contribution in [3.8, 4) is 11.5 Å². The van der Waals surface area contributed by atoms with Gasteiger partial charge in [0.2, 0.25) is 0 Å². The number of hydrazone groups is 1. The van der Waals surface area contributed by atoms with Crippen molar-refractivity contribution in [2.24, 2.45) is 5.10 Å². The van der Waals surface area contributed by atoms with E-state index >= 15 is 0 Å². The lowest BCUT2D eigenvalue weighted by atomic mass is 10.2. The number of aromatic nitrogens is 1. The summed E-state index contributed by atoms with van der Waals surface area (Å²) in [7, 11) is 3.22. The van der Waals surface area contributed by atoms with Crippen LogP contribution in [0.5, 0.6) is 11.5 Å². The Morgan fingerprint density at radius 1 is 1.00 bits per heavy atom. The molecule has 0 aliphatic carbocycles. The molecule has 6 heteroatoms. The van der Waals surface area contributed by atoms with Crippen LogP contribution >= 0.6 is 12.4 Å². The van der Waals surface area contributed by atoms with Crippen LogP contribution in [0, 0.1) is 0 Å². The molecule has 5 nitrogen and oxygen atoms in total. The molecule has 0 amide bonds. The first-order valence-corrected chi connectivity index (χ1v) is 7.16. The first-order chi connectivity index (χ1) is 11.3. The predicted octanol–water partition coefficient (Wildman–Crippen LogP) is 4.12. The number of nitrogens with one attached hydrogen (secondary N) is 1. The predicted molar refractivity (Wildman–Crippen MR) is 99.8 cm³/mol. The second-order valence-corrected chi connectivity index (χ2v) is 4.86. The number of pyridine rings is 1. The highest BCUT2D eigenvalue weighted by atomic mass is 35.5. The molecule has 124 valence electrons. The van der Waals surface area contributed by atoms with Crippen LogP contribution in [0.1, 0.15) is 5.56 Å². The lowest BCUT2D eigenvalue weighted by molar-refractivity contribution is 0.355. The standard InChI is InChI=1S/C18H17N3O2.ClH/c1-22-17-8-7-13(11-18(17)23-2)12-20-21-16-9-10-19-15-6-4-3-5-14(15)16;/h3-12H,1-2H3,(H,19,21);1H. The smallest absolute Gasteiger partial charge is 0.161 e. The van der Waals surface area contributed by atoms with Gasteiger partial charge in [0.15, 0.2) is 11.5 Å². The van der Waals surface area contributed by atoms with E-state index in [0.717, 1.165) is 22.2 Å². The zero-order valence-corrected chi connectivity index (χ0v) is 14.2. The van der Waals surface area contributed by atoms with E-state index < -0.39 is 0 Å². The van der Waals surface area contributed by atoms with Gasteiger partial charge in [-0.3, -0.25) is 10.4 Å². The highest BCUT2D eigenvalue weighted by molar-refractivity contribution is 5.91. The fourth-order valence-electron chi connectivity index (χ4n) is 2.30. The van der Waals surface area contributed by atoms with Crippen LogP contribution in [0.15, 0.2) is 59.8 Å². The van der Waals surface area contributed by atoms with Crippen LogP contribution in [-0.2, 0) is 0 Å². The fourth-order valence-corrected chi connectivity index (χ4v) is 2.30. The molecule has 24 heavy (non-hydrogen) atoms. The molecule has 0 unspecified atom stereocenters. The molecule has 1 N–H and O–H groups in total. The summed E-state index contributed by atoms with van der Waals surface area (Å²) in [6, 6.07) is 15.5. The minimum absolute atomic E-state index is 0. The van der Waals surface area contributed by atoms with Crippen molar-refractivity contribution in [3.05, 3.63) is 60.3 Å². The summed E-state index contributed by atoms with van der Waals surface area (Å²) in [5, 5.41) is 5.32. The Kier molecular flexibility index (Phi) is 5.98. The summed E-state index contributed by atoms with van der Waals surface area (Å²) < 4.78 is 10.5. The second kappa shape index (κ2) is 8.17. The van der Waals surface area contributed by atoms with Crippen LogP contribution in [0.3, 0.4) is 0 Å². The third-order valence-electron chi connectivity index (χ3n) is 3.46. The summed E-state index contributed by atoms with van der Waals surface area (Å²) in [5.41, 5.74) is 5.81. The summed E-state index contributed by atoms with van der Waals surface area (Å²) >= 11 is 0. The van der Waals surface area contributed by atoms with Crippen LogP contribution in [0.25, 0.3) is 10.9 Å². The van der Waals surface area contributed by atoms with Gasteiger partial charge < -0.3 is 9.47 Å². The van der Waals surface area contributed by atoms with Crippen molar-refractivity contribution < 1.29 is 9.47 Å². The Balaban J connectivity index is 0.00000208. The Hall–Kier alpha value is -2.79. The lowest BCUT2D eigenvalue weighted by Crippen LogP contribution is -1.94. The normalized spacial score (nSPS) is 10.4. The van der Waals surface area contributed by atoms with Gasteiger partial charge in [0.1, 0.15) is 0 Å². The molecular weight excluding hydrogens is 326 g/mol. The van der Waals surface area contributed by atoms with Crippen molar-refractivity contribution in [2.75, 3.05) is 19.6 Å². The number of halogens is 1. The highest BCUT2D eigenvalue weighted by Gasteiger charge is 2.03. The molecule has 0 saturated carbocycles. The van der Waals surface area contributed by atoms with Gasteiger partial charge in [0.05, 0.1) is 31.6 Å². The number of nitrogens with zero attached hydrogens (tertiary/aromatic N) is 2. The van der Waals surface area contributed by atoms with Gasteiger partial charge in [-0.05, 0) is 35.9 Å². The Morgan fingerprint density at radius 2 is 1.79 bits per heavy atom. The highest BCUT2D eigenvalue weighted by Crippen LogP contribution is 2.27. The monoisotopic (exact) mass is 343 g/mol. The van der Waals surface area contributed by atoms with Gasteiger partial charge >= 0.3 is 0 Å². The number of hydrogen-bond donors (Lipinski definition) is 1. The van der Waals surface area contributed by atoms with Crippen molar-refractivity contribution in [3.63, 3.8) is 0 Å². The molecule has 0 spiro atoms.